The fourth-order valence-corrected chi connectivity index (χ4v) is 10.4. The molecule has 79 heavy (non-hydrogen) atoms. The number of phosphoric acid groups is 1. The van der Waals surface area contributed by atoms with Gasteiger partial charge in [0.25, 0.3) is 0 Å². The van der Waals surface area contributed by atoms with Gasteiger partial charge in [0.05, 0.1) is 13.2 Å². The third-order valence-electron chi connectivity index (χ3n) is 14.6. The molecule has 460 valence electrons. The fraction of sp³-hybridized carbons (Fsp3) is 0.797. The number of carbonyl (C=O) groups excluding carboxylic acids is 2. The SMILES string of the molecule is CC/C=C\C/C=C\C/C=C\C/C=C\C/C=C\CCCCCCCCCCCCCCCCCCCCCC(=O)OC(COC(=O)CCCCCCCCCCCCC/C=C\CCCCCCCCCC)COP(=O)(O)OCCN. The summed E-state index contributed by atoms with van der Waals surface area (Å²) in [5.74, 6) is -0.814. The third kappa shape index (κ3) is 64.5. The maximum Gasteiger partial charge on any atom is 0.472 e. The molecule has 0 aromatic rings. The summed E-state index contributed by atoms with van der Waals surface area (Å²) in [6.45, 7) is 3.68. The summed E-state index contributed by atoms with van der Waals surface area (Å²) in [6.07, 6.45) is 84.1. The van der Waals surface area contributed by atoms with E-state index in [2.05, 4.69) is 86.8 Å². The Labute approximate surface area is 488 Å². The second kappa shape index (κ2) is 64.6. The molecule has 0 spiro atoms. The van der Waals surface area contributed by atoms with Crippen LogP contribution in [0.4, 0.5) is 0 Å². The van der Waals surface area contributed by atoms with Crippen molar-refractivity contribution in [1.82, 2.24) is 0 Å². The highest BCUT2D eigenvalue weighted by Gasteiger charge is 2.26. The smallest absolute Gasteiger partial charge is 0.462 e. The molecule has 0 bridgehead atoms. The number of nitrogens with two attached hydrogens (primary N) is 1. The Morgan fingerprint density at radius 3 is 1.05 bits per heavy atom. The minimum Gasteiger partial charge on any atom is -0.462 e. The molecule has 0 aromatic heterocycles. The largest absolute Gasteiger partial charge is 0.472 e. The van der Waals surface area contributed by atoms with E-state index in [0.717, 1.165) is 64.2 Å². The Kier molecular flexibility index (Phi) is 62.5. The monoisotopic (exact) mass is 1130 g/mol. The summed E-state index contributed by atoms with van der Waals surface area (Å²) in [5, 5.41) is 0. The van der Waals surface area contributed by atoms with Gasteiger partial charge in [-0.15, -0.1) is 0 Å². The van der Waals surface area contributed by atoms with Gasteiger partial charge in [0.15, 0.2) is 6.10 Å². The number of allylic oxidation sites excluding steroid dienone is 12. The average molecular weight is 1130 g/mol. The van der Waals surface area contributed by atoms with Gasteiger partial charge >= 0.3 is 19.8 Å². The minimum atomic E-state index is -4.39. The van der Waals surface area contributed by atoms with Crippen LogP contribution in [0, 0.1) is 0 Å². The number of ether oxygens (including phenoxy) is 2. The van der Waals surface area contributed by atoms with E-state index >= 15 is 0 Å². The summed E-state index contributed by atoms with van der Waals surface area (Å²) in [7, 11) is -4.39. The van der Waals surface area contributed by atoms with Crippen LogP contribution in [-0.4, -0.2) is 49.3 Å². The van der Waals surface area contributed by atoms with Crippen LogP contribution in [0.25, 0.3) is 0 Å². The predicted octanol–water partition coefficient (Wildman–Crippen LogP) is 21.6. The molecule has 3 N–H and O–H groups in total. The van der Waals surface area contributed by atoms with Crippen LogP contribution >= 0.6 is 7.82 Å². The topological polar surface area (TPSA) is 134 Å². The van der Waals surface area contributed by atoms with Crippen molar-refractivity contribution >= 4 is 19.8 Å². The van der Waals surface area contributed by atoms with E-state index in [1.54, 1.807) is 0 Å². The van der Waals surface area contributed by atoms with Crippen LogP contribution < -0.4 is 5.73 Å². The van der Waals surface area contributed by atoms with Crippen molar-refractivity contribution in [2.45, 2.75) is 328 Å². The summed E-state index contributed by atoms with van der Waals surface area (Å²) in [5.41, 5.74) is 5.40. The normalized spacial score (nSPS) is 13.4. The molecule has 0 aliphatic carbocycles. The lowest BCUT2D eigenvalue weighted by atomic mass is 10.0. The van der Waals surface area contributed by atoms with Crippen molar-refractivity contribution in [2.75, 3.05) is 26.4 Å². The van der Waals surface area contributed by atoms with Crippen LogP contribution in [0.1, 0.15) is 322 Å². The molecule has 9 nitrogen and oxygen atoms in total. The van der Waals surface area contributed by atoms with E-state index in [4.69, 9.17) is 24.3 Å². The van der Waals surface area contributed by atoms with Crippen LogP contribution in [-0.2, 0) is 32.7 Å². The van der Waals surface area contributed by atoms with Gasteiger partial charge in [-0.3, -0.25) is 18.6 Å². The van der Waals surface area contributed by atoms with Crippen molar-refractivity contribution in [3.8, 4) is 0 Å². The van der Waals surface area contributed by atoms with Gasteiger partial charge in [-0.25, -0.2) is 4.57 Å². The van der Waals surface area contributed by atoms with Crippen molar-refractivity contribution in [2.24, 2.45) is 5.73 Å². The second-order valence-corrected chi connectivity index (χ2v) is 23.8. The minimum absolute atomic E-state index is 0.0534. The third-order valence-corrected chi connectivity index (χ3v) is 15.6. The molecule has 0 amide bonds. The number of carbonyl (C=O) groups is 2. The molecule has 0 saturated carbocycles. The number of unbranched alkanes of at least 4 members (excludes halogenated alkanes) is 38. The van der Waals surface area contributed by atoms with Crippen LogP contribution in [0.15, 0.2) is 72.9 Å². The van der Waals surface area contributed by atoms with E-state index < -0.39 is 26.5 Å². The standard InChI is InChI=1S/C69H126NO8P/c1-3-5-7-9-11-13-15-17-19-21-23-25-27-28-29-30-31-32-33-34-35-36-37-38-40-42-44-46-48-50-52-54-56-58-60-62-69(72)78-67(66-77-79(73,74)76-64-63-70)65-75-68(71)61-59-57-55-53-51-49-47-45-43-41-39-26-24-22-20-18-16-14-12-10-8-6-4-2/h5,7,11,13,17,19,22-25,28-29,67H,3-4,6,8-10,12,14-16,18,20-21,26-27,30-66,70H2,1-2H3,(H,73,74)/b7-5-,13-11-,19-17-,24-22-,25-23-,29-28-. The molecule has 10 heteroatoms. The van der Waals surface area contributed by atoms with Crippen molar-refractivity contribution in [1.29, 1.82) is 0 Å². The van der Waals surface area contributed by atoms with Gasteiger partial charge in [-0.1, -0.05) is 299 Å². The molecular formula is C69H126NO8P. The highest BCUT2D eigenvalue weighted by molar-refractivity contribution is 7.47. The lowest BCUT2D eigenvalue weighted by Gasteiger charge is -2.19. The lowest BCUT2D eigenvalue weighted by Crippen LogP contribution is -2.29. The molecule has 0 radical (unpaired) electrons. The Balaban J connectivity index is 3.86. The molecule has 2 unspecified atom stereocenters. The van der Waals surface area contributed by atoms with E-state index in [1.807, 2.05) is 0 Å². The van der Waals surface area contributed by atoms with Gasteiger partial charge in [0.1, 0.15) is 6.61 Å². The lowest BCUT2D eigenvalue weighted by molar-refractivity contribution is -0.161. The van der Waals surface area contributed by atoms with Gasteiger partial charge in [-0.05, 0) is 83.5 Å². The molecule has 2 atom stereocenters. The number of esters is 2. The first-order valence-electron chi connectivity index (χ1n) is 33.4. The molecule has 0 heterocycles. The van der Waals surface area contributed by atoms with Gasteiger partial charge < -0.3 is 20.1 Å². The zero-order valence-electron chi connectivity index (χ0n) is 51.6. The summed E-state index contributed by atoms with van der Waals surface area (Å²) in [6, 6.07) is 0. The van der Waals surface area contributed by atoms with Crippen LogP contribution in [0.2, 0.25) is 0 Å². The van der Waals surface area contributed by atoms with E-state index in [0.29, 0.717) is 6.42 Å². The maximum atomic E-state index is 12.8. The number of phosphoric ester groups is 1. The Hall–Kier alpha value is -2.55. The first kappa shape index (κ1) is 76.5. The molecule has 0 aromatic carbocycles. The van der Waals surface area contributed by atoms with Gasteiger partial charge in [0, 0.05) is 19.4 Å². The predicted molar refractivity (Wildman–Crippen MR) is 339 cm³/mol. The molecule has 0 aliphatic rings. The molecule has 0 aliphatic heterocycles. The Morgan fingerprint density at radius 2 is 0.696 bits per heavy atom. The quantitative estimate of drug-likeness (QED) is 0.0264. The second-order valence-electron chi connectivity index (χ2n) is 22.3. The summed E-state index contributed by atoms with van der Waals surface area (Å²) < 4.78 is 33.2. The molecular weight excluding hydrogens is 1000 g/mol. The zero-order valence-corrected chi connectivity index (χ0v) is 52.5. The average Bonchev–Trinajstić information content (AvgIpc) is 3.44. The molecule has 0 rings (SSSR count). The van der Waals surface area contributed by atoms with Crippen LogP contribution in [0.5, 0.6) is 0 Å². The highest BCUT2D eigenvalue weighted by atomic mass is 31.2. The van der Waals surface area contributed by atoms with E-state index in [9.17, 15) is 19.0 Å². The van der Waals surface area contributed by atoms with Crippen molar-refractivity contribution in [3.63, 3.8) is 0 Å². The zero-order chi connectivity index (χ0) is 57.3. The van der Waals surface area contributed by atoms with Gasteiger partial charge in [-0.2, -0.15) is 0 Å². The Morgan fingerprint density at radius 1 is 0.392 bits per heavy atom. The number of hydrogen-bond acceptors (Lipinski definition) is 8. The van der Waals surface area contributed by atoms with Crippen molar-refractivity contribution < 1.29 is 37.6 Å². The Bertz CT molecular complexity index is 1520. The summed E-state index contributed by atoms with van der Waals surface area (Å²) in [4.78, 5) is 35.3. The van der Waals surface area contributed by atoms with Crippen LogP contribution in [0.3, 0.4) is 0 Å². The first-order chi connectivity index (χ1) is 38.8. The van der Waals surface area contributed by atoms with E-state index in [1.165, 1.54) is 225 Å². The van der Waals surface area contributed by atoms with E-state index in [-0.39, 0.29) is 38.6 Å². The summed E-state index contributed by atoms with van der Waals surface area (Å²) >= 11 is 0. The number of rotatable bonds is 63. The molecule has 0 saturated heterocycles. The van der Waals surface area contributed by atoms with Crippen molar-refractivity contribution in [3.05, 3.63) is 72.9 Å². The van der Waals surface area contributed by atoms with Gasteiger partial charge in [0.2, 0.25) is 0 Å². The highest BCUT2D eigenvalue weighted by Crippen LogP contribution is 2.43. The molecule has 0 fully saturated rings. The number of hydrogen-bond donors (Lipinski definition) is 2. The fourth-order valence-electron chi connectivity index (χ4n) is 9.66. The maximum absolute atomic E-state index is 12.8. The first-order valence-corrected chi connectivity index (χ1v) is 34.9.